The Morgan fingerprint density at radius 2 is 1.82 bits per heavy atom. The molecule has 0 unspecified atom stereocenters. The standard InChI is InChI=1S/C31H24N8O/c1-19(37-31(40)26-29-23(9-6-13-34-29)17-35-30(26)32)24-15-25-28(38-27(24)21-7-4-3-5-8-21)22(12-14-33-25)11-10-20-16-36-39(2)18-20/h3-9,12-19H,1-2H3,(H2,32,35)(H,37,40)/t19-/m1/s1. The summed E-state index contributed by atoms with van der Waals surface area (Å²) < 4.78 is 1.71. The van der Waals surface area contributed by atoms with Crippen molar-refractivity contribution in [2.24, 2.45) is 7.05 Å². The monoisotopic (exact) mass is 524 g/mol. The van der Waals surface area contributed by atoms with E-state index in [1.54, 1.807) is 35.5 Å². The predicted molar refractivity (Wildman–Crippen MR) is 154 cm³/mol. The first kappa shape index (κ1) is 24.7. The van der Waals surface area contributed by atoms with Gasteiger partial charge in [-0.3, -0.25) is 19.4 Å². The van der Waals surface area contributed by atoms with Crippen LogP contribution in [0.1, 0.15) is 40.0 Å². The van der Waals surface area contributed by atoms with Gasteiger partial charge in [0, 0.05) is 48.3 Å². The van der Waals surface area contributed by atoms with E-state index >= 15 is 0 Å². The number of hydrogen-bond donors (Lipinski definition) is 2. The lowest BCUT2D eigenvalue weighted by Crippen LogP contribution is -2.28. The number of hydrogen-bond acceptors (Lipinski definition) is 7. The number of anilines is 1. The van der Waals surface area contributed by atoms with Gasteiger partial charge in [0.25, 0.3) is 5.91 Å². The van der Waals surface area contributed by atoms with Crippen LogP contribution in [-0.2, 0) is 7.05 Å². The largest absolute Gasteiger partial charge is 0.383 e. The maximum Gasteiger partial charge on any atom is 0.257 e. The molecule has 6 aromatic rings. The van der Waals surface area contributed by atoms with Gasteiger partial charge in [-0.25, -0.2) is 9.97 Å². The van der Waals surface area contributed by atoms with Crippen molar-refractivity contribution in [2.75, 3.05) is 5.73 Å². The summed E-state index contributed by atoms with van der Waals surface area (Å²) in [5.41, 5.74) is 12.2. The van der Waals surface area contributed by atoms with Crippen molar-refractivity contribution < 1.29 is 4.79 Å². The van der Waals surface area contributed by atoms with Gasteiger partial charge in [-0.1, -0.05) is 42.2 Å². The summed E-state index contributed by atoms with van der Waals surface area (Å²) in [7, 11) is 1.85. The van der Waals surface area contributed by atoms with Crippen molar-refractivity contribution in [1.82, 2.24) is 35.0 Å². The molecule has 0 spiro atoms. The molecule has 0 bridgehead atoms. The number of nitrogens with one attached hydrogen (secondary N) is 1. The molecule has 0 saturated carbocycles. The SMILES string of the molecule is C[C@@H](NC(=O)c1c(N)ncc2cccnc12)c1cc2nccc(C#Cc3cnn(C)c3)c2nc1-c1ccccc1. The van der Waals surface area contributed by atoms with Crippen LogP contribution in [0.4, 0.5) is 5.82 Å². The average molecular weight is 525 g/mol. The third kappa shape index (κ3) is 4.70. The number of nitrogens with two attached hydrogens (primary N) is 1. The van der Waals surface area contributed by atoms with Crippen molar-refractivity contribution in [3.63, 3.8) is 0 Å². The minimum atomic E-state index is -0.440. The first-order valence-corrected chi connectivity index (χ1v) is 12.6. The van der Waals surface area contributed by atoms with Gasteiger partial charge in [0.1, 0.15) is 16.9 Å². The molecule has 194 valence electrons. The van der Waals surface area contributed by atoms with Crippen LogP contribution in [0.25, 0.3) is 33.2 Å². The van der Waals surface area contributed by atoms with Crippen molar-refractivity contribution in [1.29, 1.82) is 0 Å². The van der Waals surface area contributed by atoms with Gasteiger partial charge in [-0.2, -0.15) is 5.10 Å². The lowest BCUT2D eigenvalue weighted by Gasteiger charge is -2.19. The van der Waals surface area contributed by atoms with E-state index in [1.807, 2.05) is 68.7 Å². The van der Waals surface area contributed by atoms with Gasteiger partial charge in [-0.15, -0.1) is 0 Å². The summed E-state index contributed by atoms with van der Waals surface area (Å²) >= 11 is 0. The highest BCUT2D eigenvalue weighted by atomic mass is 16.1. The number of fused-ring (bicyclic) bond motifs is 2. The third-order valence-electron chi connectivity index (χ3n) is 6.55. The number of amides is 1. The molecule has 40 heavy (non-hydrogen) atoms. The molecule has 5 heterocycles. The molecule has 0 saturated heterocycles. The summed E-state index contributed by atoms with van der Waals surface area (Å²) in [6.07, 6.45) is 8.52. The molecule has 1 aromatic carbocycles. The quantitative estimate of drug-likeness (QED) is 0.327. The highest BCUT2D eigenvalue weighted by Crippen LogP contribution is 2.31. The minimum absolute atomic E-state index is 0.120. The Morgan fingerprint density at radius 3 is 2.62 bits per heavy atom. The van der Waals surface area contributed by atoms with Crippen molar-refractivity contribution >= 4 is 33.7 Å². The number of pyridine rings is 4. The predicted octanol–water partition coefficient (Wildman–Crippen LogP) is 4.45. The Hall–Kier alpha value is -5.62. The molecule has 1 atom stereocenters. The van der Waals surface area contributed by atoms with Crippen LogP contribution < -0.4 is 11.1 Å². The summed E-state index contributed by atoms with van der Waals surface area (Å²) in [5, 5.41) is 7.99. The van der Waals surface area contributed by atoms with Crippen LogP contribution in [0.15, 0.2) is 85.6 Å². The summed E-state index contributed by atoms with van der Waals surface area (Å²) in [6, 6.07) is 16.8. The topological polar surface area (TPSA) is 125 Å². The van der Waals surface area contributed by atoms with Crippen molar-refractivity contribution in [3.05, 3.63) is 108 Å². The maximum absolute atomic E-state index is 13.5. The third-order valence-corrected chi connectivity index (χ3v) is 6.55. The zero-order valence-electron chi connectivity index (χ0n) is 21.8. The van der Waals surface area contributed by atoms with Gasteiger partial charge in [0.2, 0.25) is 0 Å². The van der Waals surface area contributed by atoms with Gasteiger partial charge < -0.3 is 11.1 Å². The van der Waals surface area contributed by atoms with Crippen LogP contribution >= 0.6 is 0 Å². The molecular formula is C31H24N8O. The normalized spacial score (nSPS) is 11.7. The van der Waals surface area contributed by atoms with E-state index < -0.39 is 6.04 Å². The van der Waals surface area contributed by atoms with E-state index in [0.29, 0.717) is 16.6 Å². The number of rotatable bonds is 4. The van der Waals surface area contributed by atoms with E-state index in [2.05, 4.69) is 37.2 Å². The molecule has 9 nitrogen and oxygen atoms in total. The number of aromatic nitrogens is 6. The van der Waals surface area contributed by atoms with E-state index in [4.69, 9.17) is 10.7 Å². The van der Waals surface area contributed by atoms with Crippen LogP contribution in [-0.4, -0.2) is 35.6 Å². The zero-order valence-corrected chi connectivity index (χ0v) is 21.8. The van der Waals surface area contributed by atoms with Gasteiger partial charge in [0.05, 0.1) is 40.1 Å². The summed E-state index contributed by atoms with van der Waals surface area (Å²) in [4.78, 5) is 31.7. The smallest absolute Gasteiger partial charge is 0.257 e. The van der Waals surface area contributed by atoms with E-state index in [9.17, 15) is 4.79 Å². The van der Waals surface area contributed by atoms with Crippen LogP contribution in [0, 0.1) is 11.8 Å². The van der Waals surface area contributed by atoms with E-state index in [1.165, 1.54) is 0 Å². The fraction of sp³-hybridized carbons (Fsp3) is 0.0968. The van der Waals surface area contributed by atoms with Crippen LogP contribution in [0.3, 0.4) is 0 Å². The Bertz CT molecular complexity index is 1950. The molecule has 0 aliphatic rings. The second-order valence-corrected chi connectivity index (χ2v) is 9.33. The second kappa shape index (κ2) is 10.3. The molecule has 0 fully saturated rings. The maximum atomic E-state index is 13.5. The van der Waals surface area contributed by atoms with Crippen LogP contribution in [0.2, 0.25) is 0 Å². The number of aryl methyl sites for hydroxylation is 1. The lowest BCUT2D eigenvalue weighted by atomic mass is 9.98. The zero-order chi connectivity index (χ0) is 27.6. The number of nitrogen functional groups attached to an aromatic ring is 1. The summed E-state index contributed by atoms with van der Waals surface area (Å²) in [6.45, 7) is 1.90. The van der Waals surface area contributed by atoms with E-state index in [-0.39, 0.29) is 17.3 Å². The number of carbonyl (C=O) groups is 1. The van der Waals surface area contributed by atoms with Gasteiger partial charge >= 0.3 is 0 Å². The molecule has 3 N–H and O–H groups in total. The van der Waals surface area contributed by atoms with E-state index in [0.717, 1.165) is 33.3 Å². The molecule has 9 heteroatoms. The second-order valence-electron chi connectivity index (χ2n) is 9.33. The molecule has 5 aromatic heterocycles. The van der Waals surface area contributed by atoms with Gasteiger partial charge in [0.15, 0.2) is 0 Å². The van der Waals surface area contributed by atoms with Crippen LogP contribution in [0.5, 0.6) is 0 Å². The molecule has 6 rings (SSSR count). The Balaban J connectivity index is 1.44. The molecule has 0 radical (unpaired) electrons. The fourth-order valence-electron chi connectivity index (χ4n) is 4.59. The Labute approximate surface area is 230 Å². The number of benzene rings is 1. The summed E-state index contributed by atoms with van der Waals surface area (Å²) in [5.74, 6) is 6.12. The number of nitrogens with zero attached hydrogens (tertiary/aromatic N) is 6. The molecule has 0 aliphatic carbocycles. The highest BCUT2D eigenvalue weighted by molar-refractivity contribution is 6.09. The molecule has 0 aliphatic heterocycles. The van der Waals surface area contributed by atoms with Crippen molar-refractivity contribution in [3.8, 4) is 23.1 Å². The first-order valence-electron chi connectivity index (χ1n) is 12.6. The minimum Gasteiger partial charge on any atom is -0.383 e. The first-order chi connectivity index (χ1) is 19.5. The molecule has 1 amide bonds. The Kier molecular flexibility index (Phi) is 6.34. The van der Waals surface area contributed by atoms with Crippen molar-refractivity contribution in [2.45, 2.75) is 13.0 Å². The molecular weight excluding hydrogens is 500 g/mol. The fourth-order valence-corrected chi connectivity index (χ4v) is 4.59. The number of carbonyl (C=O) groups excluding carboxylic acids is 1. The Morgan fingerprint density at radius 1 is 0.975 bits per heavy atom. The highest BCUT2D eigenvalue weighted by Gasteiger charge is 2.22. The van der Waals surface area contributed by atoms with Gasteiger partial charge in [-0.05, 0) is 31.2 Å². The average Bonchev–Trinajstić information content (AvgIpc) is 3.40. The lowest BCUT2D eigenvalue weighted by molar-refractivity contribution is 0.0942.